The Kier molecular flexibility index (Phi) is 4.96. The second-order valence-corrected chi connectivity index (χ2v) is 7.20. The number of alkyl halides is 3. The maximum atomic E-state index is 13.0. The zero-order chi connectivity index (χ0) is 16.4. The lowest BCUT2D eigenvalue weighted by molar-refractivity contribution is -0.137. The zero-order valence-corrected chi connectivity index (χ0v) is 13.8. The molecule has 0 bridgehead atoms. The smallest absolute Gasteiger partial charge is 0.314 e. The third-order valence-electron chi connectivity index (χ3n) is 3.91. The van der Waals surface area contributed by atoms with Crippen molar-refractivity contribution in [1.82, 2.24) is 10.2 Å². The second-order valence-electron chi connectivity index (χ2n) is 5.45. The van der Waals surface area contributed by atoms with Gasteiger partial charge in [-0.1, -0.05) is 23.7 Å². The fourth-order valence-electron chi connectivity index (χ4n) is 2.86. The van der Waals surface area contributed by atoms with Crippen molar-refractivity contribution < 1.29 is 13.2 Å². The van der Waals surface area contributed by atoms with Gasteiger partial charge in [-0.15, -0.1) is 11.3 Å². The van der Waals surface area contributed by atoms with E-state index in [-0.39, 0.29) is 6.04 Å². The number of benzene rings is 1. The van der Waals surface area contributed by atoms with Gasteiger partial charge in [0.1, 0.15) is 0 Å². The number of halogens is 4. The maximum Gasteiger partial charge on any atom is 0.416 e. The minimum Gasteiger partial charge on any atom is -0.314 e. The van der Waals surface area contributed by atoms with Crippen LogP contribution in [0.3, 0.4) is 0 Å². The highest BCUT2D eigenvalue weighted by molar-refractivity contribution is 7.16. The third-order valence-corrected chi connectivity index (χ3v) is 5.19. The van der Waals surface area contributed by atoms with E-state index in [1.807, 2.05) is 6.07 Å². The Labute approximate surface area is 141 Å². The van der Waals surface area contributed by atoms with Gasteiger partial charge in [-0.05, 0) is 29.8 Å². The Morgan fingerprint density at radius 2 is 1.87 bits per heavy atom. The molecule has 1 aromatic heterocycles. The van der Waals surface area contributed by atoms with Crippen molar-refractivity contribution >= 4 is 22.9 Å². The van der Waals surface area contributed by atoms with Crippen molar-refractivity contribution in [3.63, 3.8) is 0 Å². The molecule has 0 saturated carbocycles. The van der Waals surface area contributed by atoms with Gasteiger partial charge in [-0.3, -0.25) is 4.90 Å². The Morgan fingerprint density at radius 3 is 2.48 bits per heavy atom. The number of piperazine rings is 1. The van der Waals surface area contributed by atoms with Gasteiger partial charge in [0, 0.05) is 31.1 Å². The number of thiophene rings is 1. The molecule has 1 aliphatic heterocycles. The Hall–Kier alpha value is -1.08. The van der Waals surface area contributed by atoms with Crippen molar-refractivity contribution in [3.05, 3.63) is 56.7 Å². The first-order valence-electron chi connectivity index (χ1n) is 7.32. The molecule has 0 unspecified atom stereocenters. The highest BCUT2D eigenvalue weighted by Crippen LogP contribution is 2.37. The van der Waals surface area contributed by atoms with Crippen molar-refractivity contribution in [2.24, 2.45) is 0 Å². The highest BCUT2D eigenvalue weighted by atomic mass is 35.5. The summed E-state index contributed by atoms with van der Waals surface area (Å²) in [5.74, 6) is 0. The molecule has 3 rings (SSSR count). The summed E-state index contributed by atoms with van der Waals surface area (Å²) in [4.78, 5) is 3.17. The Morgan fingerprint density at radius 1 is 1.13 bits per heavy atom. The first-order chi connectivity index (χ1) is 10.9. The van der Waals surface area contributed by atoms with E-state index < -0.39 is 11.7 Å². The fourth-order valence-corrected chi connectivity index (χ4v) is 4.08. The molecule has 23 heavy (non-hydrogen) atoms. The molecule has 1 aliphatic rings. The van der Waals surface area contributed by atoms with E-state index in [0.717, 1.165) is 37.1 Å². The maximum absolute atomic E-state index is 13.0. The first-order valence-corrected chi connectivity index (χ1v) is 8.52. The van der Waals surface area contributed by atoms with E-state index in [4.69, 9.17) is 11.6 Å². The van der Waals surface area contributed by atoms with E-state index >= 15 is 0 Å². The molecule has 124 valence electrons. The molecule has 7 heteroatoms. The quantitative estimate of drug-likeness (QED) is 0.872. The first kappa shape index (κ1) is 16.8. The van der Waals surface area contributed by atoms with E-state index in [2.05, 4.69) is 10.2 Å². The molecule has 0 radical (unpaired) electrons. The molecule has 0 spiro atoms. The molecule has 0 amide bonds. The van der Waals surface area contributed by atoms with E-state index in [9.17, 15) is 13.2 Å². The van der Waals surface area contributed by atoms with Crippen molar-refractivity contribution in [1.29, 1.82) is 0 Å². The van der Waals surface area contributed by atoms with Crippen LogP contribution in [-0.2, 0) is 6.18 Å². The van der Waals surface area contributed by atoms with E-state index in [1.54, 1.807) is 12.1 Å². The SMILES string of the molecule is FC(F)(F)c1cccc([C@H](c2ccc(Cl)s2)N2CCNCC2)c1. The van der Waals surface area contributed by atoms with Crippen molar-refractivity contribution in [2.45, 2.75) is 12.2 Å². The van der Waals surface area contributed by atoms with Crippen LogP contribution in [0.5, 0.6) is 0 Å². The average molecular weight is 361 g/mol. The molecule has 0 aliphatic carbocycles. The van der Waals surface area contributed by atoms with Crippen LogP contribution in [0.25, 0.3) is 0 Å². The Bertz CT molecular complexity index is 665. The van der Waals surface area contributed by atoms with Crippen LogP contribution in [0.4, 0.5) is 13.2 Å². The highest BCUT2D eigenvalue weighted by Gasteiger charge is 2.32. The van der Waals surface area contributed by atoms with Gasteiger partial charge in [0.15, 0.2) is 0 Å². The van der Waals surface area contributed by atoms with Gasteiger partial charge >= 0.3 is 6.18 Å². The topological polar surface area (TPSA) is 15.3 Å². The largest absolute Gasteiger partial charge is 0.416 e. The lowest BCUT2D eigenvalue weighted by atomic mass is 10.00. The van der Waals surface area contributed by atoms with Crippen LogP contribution in [-0.4, -0.2) is 31.1 Å². The van der Waals surface area contributed by atoms with Crippen LogP contribution < -0.4 is 5.32 Å². The average Bonchev–Trinajstić information content (AvgIpc) is 2.94. The molecule has 1 atom stereocenters. The van der Waals surface area contributed by atoms with Crippen LogP contribution >= 0.6 is 22.9 Å². The van der Waals surface area contributed by atoms with Gasteiger partial charge in [0.05, 0.1) is 15.9 Å². The predicted molar refractivity (Wildman–Crippen MR) is 87.1 cm³/mol. The summed E-state index contributed by atoms with van der Waals surface area (Å²) in [6.07, 6.45) is -4.34. The lowest BCUT2D eigenvalue weighted by Crippen LogP contribution is -2.45. The normalized spacial score (nSPS) is 18.1. The third kappa shape index (κ3) is 3.88. The molecular weight excluding hydrogens is 345 g/mol. The van der Waals surface area contributed by atoms with Gasteiger partial charge < -0.3 is 5.32 Å². The van der Waals surface area contributed by atoms with Gasteiger partial charge in [0.25, 0.3) is 0 Å². The summed E-state index contributed by atoms with van der Waals surface area (Å²) in [7, 11) is 0. The van der Waals surface area contributed by atoms with Crippen molar-refractivity contribution in [2.75, 3.05) is 26.2 Å². The van der Waals surface area contributed by atoms with E-state index in [0.29, 0.717) is 9.90 Å². The molecular formula is C16H16ClF3N2S. The molecule has 1 N–H and O–H groups in total. The number of hydrogen-bond donors (Lipinski definition) is 1. The number of rotatable bonds is 3. The summed E-state index contributed by atoms with van der Waals surface area (Å²) >= 11 is 7.46. The fraction of sp³-hybridized carbons (Fsp3) is 0.375. The predicted octanol–water partition coefficient (Wildman–Crippen LogP) is 4.41. The molecule has 1 saturated heterocycles. The minimum atomic E-state index is -4.34. The van der Waals surface area contributed by atoms with Crippen LogP contribution in [0.15, 0.2) is 36.4 Å². The molecule has 2 heterocycles. The van der Waals surface area contributed by atoms with Crippen molar-refractivity contribution in [3.8, 4) is 0 Å². The molecule has 1 aromatic carbocycles. The second kappa shape index (κ2) is 6.81. The van der Waals surface area contributed by atoms with Gasteiger partial charge in [-0.25, -0.2) is 0 Å². The number of nitrogens with one attached hydrogen (secondary N) is 1. The summed E-state index contributed by atoms with van der Waals surface area (Å²) < 4.78 is 39.8. The molecule has 1 fully saturated rings. The van der Waals surface area contributed by atoms with Crippen LogP contribution in [0.2, 0.25) is 4.34 Å². The summed E-state index contributed by atoms with van der Waals surface area (Å²) in [6.45, 7) is 3.23. The number of hydrogen-bond acceptors (Lipinski definition) is 3. The Balaban J connectivity index is 2.01. The molecule has 2 nitrogen and oxygen atoms in total. The van der Waals surface area contributed by atoms with Crippen LogP contribution in [0.1, 0.15) is 22.0 Å². The standard InChI is InChI=1S/C16H16ClF3N2S/c17-14-5-4-13(23-14)15(22-8-6-21-7-9-22)11-2-1-3-12(10-11)16(18,19)20/h1-5,10,15,21H,6-9H2/t15-/m1/s1. The monoisotopic (exact) mass is 360 g/mol. The summed E-state index contributed by atoms with van der Waals surface area (Å²) in [5, 5.41) is 3.27. The summed E-state index contributed by atoms with van der Waals surface area (Å²) in [6, 6.07) is 9.10. The van der Waals surface area contributed by atoms with Gasteiger partial charge in [0.2, 0.25) is 0 Å². The number of nitrogens with zero attached hydrogens (tertiary/aromatic N) is 1. The van der Waals surface area contributed by atoms with Gasteiger partial charge in [-0.2, -0.15) is 13.2 Å². The zero-order valence-electron chi connectivity index (χ0n) is 12.2. The molecule has 2 aromatic rings. The minimum absolute atomic E-state index is 0.197. The van der Waals surface area contributed by atoms with Crippen LogP contribution in [0, 0.1) is 0 Å². The summed E-state index contributed by atoms with van der Waals surface area (Å²) in [5.41, 5.74) is 0.0398. The lowest BCUT2D eigenvalue weighted by Gasteiger charge is -2.35. The van der Waals surface area contributed by atoms with E-state index in [1.165, 1.54) is 23.5 Å².